The van der Waals surface area contributed by atoms with Crippen molar-refractivity contribution in [3.05, 3.63) is 0 Å². The Morgan fingerprint density at radius 3 is 2.80 bits per heavy atom. The van der Waals surface area contributed by atoms with E-state index in [1.54, 1.807) is 0 Å². The first-order valence-electron chi connectivity index (χ1n) is 3.98. The second kappa shape index (κ2) is 3.56. The van der Waals surface area contributed by atoms with E-state index in [4.69, 9.17) is 11.6 Å². The highest BCUT2D eigenvalue weighted by Gasteiger charge is 2.23. The summed E-state index contributed by atoms with van der Waals surface area (Å²) in [5, 5.41) is -0.225. The van der Waals surface area contributed by atoms with Crippen molar-refractivity contribution < 1.29 is 4.39 Å². The molecule has 10 heavy (non-hydrogen) atoms. The minimum Gasteiger partial charge on any atom is -0.246 e. The topological polar surface area (TPSA) is 0 Å². The van der Waals surface area contributed by atoms with Gasteiger partial charge in [0.25, 0.3) is 0 Å². The first kappa shape index (κ1) is 8.32. The van der Waals surface area contributed by atoms with Gasteiger partial charge < -0.3 is 0 Å². The van der Waals surface area contributed by atoms with Crippen molar-refractivity contribution in [2.45, 2.75) is 44.2 Å². The number of halogens is 2. The van der Waals surface area contributed by atoms with Gasteiger partial charge in [0.1, 0.15) is 6.17 Å². The molecule has 1 aliphatic rings. The Hall–Kier alpha value is 0.220. The van der Waals surface area contributed by atoms with Crippen molar-refractivity contribution >= 4 is 11.6 Å². The predicted molar refractivity (Wildman–Crippen MR) is 42.2 cm³/mol. The third kappa shape index (κ3) is 2.12. The number of rotatable bonds is 0. The van der Waals surface area contributed by atoms with Crippen LogP contribution in [0.4, 0.5) is 4.39 Å². The lowest BCUT2D eigenvalue weighted by molar-refractivity contribution is 0.303. The summed E-state index contributed by atoms with van der Waals surface area (Å²) in [5.41, 5.74) is 0. The largest absolute Gasteiger partial charge is 0.246 e. The highest BCUT2D eigenvalue weighted by molar-refractivity contribution is 6.21. The molecule has 0 spiro atoms. The van der Waals surface area contributed by atoms with Crippen molar-refractivity contribution in [3.63, 3.8) is 0 Å². The lowest BCUT2D eigenvalue weighted by Gasteiger charge is -2.11. The number of alkyl halides is 2. The summed E-state index contributed by atoms with van der Waals surface area (Å²) in [4.78, 5) is 0. The zero-order valence-corrected chi connectivity index (χ0v) is 7.07. The second-order valence-corrected chi connectivity index (χ2v) is 3.86. The predicted octanol–water partition coefficient (Wildman–Crippen LogP) is 3.14. The van der Waals surface area contributed by atoms with Crippen LogP contribution >= 0.6 is 11.6 Å². The lowest BCUT2D eigenvalue weighted by atomic mass is 10.0. The number of hydrogen-bond donors (Lipinski definition) is 0. The Morgan fingerprint density at radius 1 is 1.40 bits per heavy atom. The van der Waals surface area contributed by atoms with Crippen LogP contribution in [-0.4, -0.2) is 11.5 Å². The molecule has 0 aromatic carbocycles. The SMILES string of the molecule is CC1CCCC(F)C(Cl)C1. The van der Waals surface area contributed by atoms with Gasteiger partial charge in [-0.3, -0.25) is 0 Å². The fraction of sp³-hybridized carbons (Fsp3) is 1.00. The van der Waals surface area contributed by atoms with Crippen molar-refractivity contribution in [3.8, 4) is 0 Å². The van der Waals surface area contributed by atoms with Gasteiger partial charge in [-0.2, -0.15) is 0 Å². The highest BCUT2D eigenvalue weighted by Crippen LogP contribution is 2.28. The van der Waals surface area contributed by atoms with Gasteiger partial charge in [-0.05, 0) is 18.8 Å². The maximum atomic E-state index is 12.9. The quantitative estimate of drug-likeness (QED) is 0.381. The van der Waals surface area contributed by atoms with E-state index in [0.717, 1.165) is 19.3 Å². The molecular weight excluding hydrogens is 151 g/mol. The van der Waals surface area contributed by atoms with Crippen LogP contribution in [0.25, 0.3) is 0 Å². The van der Waals surface area contributed by atoms with Gasteiger partial charge in [0.05, 0.1) is 5.38 Å². The molecular formula is C8H14ClF. The molecule has 0 aromatic heterocycles. The molecule has 1 aliphatic carbocycles. The van der Waals surface area contributed by atoms with Gasteiger partial charge in [0, 0.05) is 0 Å². The summed E-state index contributed by atoms with van der Waals surface area (Å²) in [6, 6.07) is 0. The van der Waals surface area contributed by atoms with Gasteiger partial charge >= 0.3 is 0 Å². The summed E-state index contributed by atoms with van der Waals surface area (Å²) in [6.45, 7) is 2.15. The molecule has 0 radical (unpaired) electrons. The third-order valence-corrected chi connectivity index (χ3v) is 2.65. The molecule has 3 unspecified atom stereocenters. The van der Waals surface area contributed by atoms with Crippen molar-refractivity contribution in [1.29, 1.82) is 0 Å². The molecule has 0 saturated heterocycles. The molecule has 1 fully saturated rings. The Morgan fingerprint density at radius 2 is 2.10 bits per heavy atom. The van der Waals surface area contributed by atoms with E-state index < -0.39 is 6.17 Å². The van der Waals surface area contributed by atoms with E-state index in [0.29, 0.717) is 12.3 Å². The van der Waals surface area contributed by atoms with Crippen molar-refractivity contribution in [2.75, 3.05) is 0 Å². The fourth-order valence-corrected chi connectivity index (χ4v) is 1.92. The maximum Gasteiger partial charge on any atom is 0.116 e. The molecule has 0 heterocycles. The Bertz CT molecular complexity index is 105. The molecule has 0 N–H and O–H groups in total. The minimum absolute atomic E-state index is 0.225. The lowest BCUT2D eigenvalue weighted by Crippen LogP contribution is -2.14. The van der Waals surface area contributed by atoms with Crippen LogP contribution in [0, 0.1) is 5.92 Å². The van der Waals surface area contributed by atoms with Crippen LogP contribution in [0.3, 0.4) is 0 Å². The fourth-order valence-electron chi connectivity index (χ4n) is 1.49. The molecule has 0 amide bonds. The number of hydrogen-bond acceptors (Lipinski definition) is 0. The van der Waals surface area contributed by atoms with Gasteiger partial charge in [-0.1, -0.05) is 19.8 Å². The summed E-state index contributed by atoms with van der Waals surface area (Å²) >= 11 is 5.79. The van der Waals surface area contributed by atoms with E-state index in [1.165, 1.54) is 0 Å². The van der Waals surface area contributed by atoms with Crippen LogP contribution in [0.1, 0.15) is 32.6 Å². The van der Waals surface area contributed by atoms with Crippen molar-refractivity contribution in [2.24, 2.45) is 5.92 Å². The maximum absolute atomic E-state index is 12.9. The molecule has 1 rings (SSSR count). The van der Waals surface area contributed by atoms with Crippen LogP contribution in [0.2, 0.25) is 0 Å². The Balaban J connectivity index is 2.41. The first-order chi connectivity index (χ1) is 4.70. The van der Waals surface area contributed by atoms with E-state index in [2.05, 4.69) is 6.92 Å². The van der Waals surface area contributed by atoms with Gasteiger partial charge in [0.2, 0.25) is 0 Å². The van der Waals surface area contributed by atoms with E-state index in [-0.39, 0.29) is 5.38 Å². The molecule has 0 nitrogen and oxygen atoms in total. The monoisotopic (exact) mass is 164 g/mol. The summed E-state index contributed by atoms with van der Waals surface area (Å²) in [5.74, 6) is 0.614. The van der Waals surface area contributed by atoms with Crippen LogP contribution < -0.4 is 0 Å². The smallest absolute Gasteiger partial charge is 0.116 e. The molecule has 1 saturated carbocycles. The van der Waals surface area contributed by atoms with Crippen molar-refractivity contribution in [1.82, 2.24) is 0 Å². The molecule has 0 aliphatic heterocycles. The second-order valence-electron chi connectivity index (χ2n) is 3.30. The summed E-state index contributed by atoms with van der Waals surface area (Å²) < 4.78 is 12.9. The zero-order chi connectivity index (χ0) is 7.56. The Kier molecular flexibility index (Phi) is 2.96. The molecule has 60 valence electrons. The molecule has 3 atom stereocenters. The summed E-state index contributed by atoms with van der Waals surface area (Å²) in [6.07, 6.45) is 2.91. The van der Waals surface area contributed by atoms with Crippen LogP contribution in [0.5, 0.6) is 0 Å². The Labute approximate surface area is 66.8 Å². The van der Waals surface area contributed by atoms with Gasteiger partial charge in [0.15, 0.2) is 0 Å². The van der Waals surface area contributed by atoms with Crippen LogP contribution in [0.15, 0.2) is 0 Å². The van der Waals surface area contributed by atoms with Gasteiger partial charge in [-0.25, -0.2) is 4.39 Å². The average Bonchev–Trinajstić information content (AvgIpc) is 1.96. The zero-order valence-electron chi connectivity index (χ0n) is 6.32. The van der Waals surface area contributed by atoms with E-state index >= 15 is 0 Å². The molecule has 0 bridgehead atoms. The minimum atomic E-state index is -0.758. The average molecular weight is 165 g/mol. The van der Waals surface area contributed by atoms with Gasteiger partial charge in [-0.15, -0.1) is 11.6 Å². The molecule has 0 aromatic rings. The first-order valence-corrected chi connectivity index (χ1v) is 4.42. The highest BCUT2D eigenvalue weighted by atomic mass is 35.5. The van der Waals surface area contributed by atoms with E-state index in [9.17, 15) is 4.39 Å². The molecule has 2 heteroatoms. The summed E-state index contributed by atoms with van der Waals surface area (Å²) in [7, 11) is 0. The standard InChI is InChI=1S/C8H14ClF/c1-6-3-2-4-8(10)7(9)5-6/h6-8H,2-5H2,1H3. The normalized spacial score (nSPS) is 42.9. The van der Waals surface area contributed by atoms with E-state index in [1.807, 2.05) is 0 Å². The third-order valence-electron chi connectivity index (χ3n) is 2.20. The van der Waals surface area contributed by atoms with Crippen LogP contribution in [-0.2, 0) is 0 Å².